The fourth-order valence-corrected chi connectivity index (χ4v) is 5.56. The molecule has 0 radical (unpaired) electrons. The fraction of sp³-hybridized carbons (Fsp3) is 0.333. The van der Waals surface area contributed by atoms with E-state index in [4.69, 9.17) is 16.3 Å². The second-order valence-corrected chi connectivity index (χ2v) is 11.9. The third-order valence-electron chi connectivity index (χ3n) is 6.73. The van der Waals surface area contributed by atoms with Crippen LogP contribution in [0.15, 0.2) is 77.7 Å². The maximum absolute atomic E-state index is 14.0. The molecule has 3 aromatic rings. The Morgan fingerprint density at radius 3 is 2.23 bits per heavy atom. The number of methoxy groups -OCH3 is 1. The molecular formula is C30H36ClN3O5S. The summed E-state index contributed by atoms with van der Waals surface area (Å²) in [5.41, 5.74) is 1.77. The Hall–Kier alpha value is -3.56. The molecule has 2 unspecified atom stereocenters. The lowest BCUT2D eigenvalue weighted by Gasteiger charge is -2.32. The highest BCUT2D eigenvalue weighted by molar-refractivity contribution is 7.92. The van der Waals surface area contributed by atoms with Crippen LogP contribution in [-0.4, -0.2) is 50.9 Å². The first-order chi connectivity index (χ1) is 19.0. The SMILES string of the molecule is CCC(C)NC(=O)C(C)N(Cc1ccc(OC)cc1)C(=O)CN(c1ccc(C)c(Cl)c1)S(=O)(=O)c1ccccc1. The number of anilines is 1. The number of benzene rings is 3. The number of carbonyl (C=O) groups excluding carboxylic acids is 2. The molecule has 0 aromatic heterocycles. The highest BCUT2D eigenvalue weighted by atomic mass is 35.5. The number of nitrogens with one attached hydrogen (secondary N) is 1. The molecule has 2 atom stereocenters. The average molecular weight is 586 g/mol. The molecule has 3 aromatic carbocycles. The molecule has 1 N–H and O–H groups in total. The molecule has 0 aliphatic rings. The van der Waals surface area contributed by atoms with E-state index in [1.54, 1.807) is 68.6 Å². The van der Waals surface area contributed by atoms with Gasteiger partial charge in [-0.3, -0.25) is 13.9 Å². The van der Waals surface area contributed by atoms with Gasteiger partial charge >= 0.3 is 0 Å². The molecule has 0 spiro atoms. The van der Waals surface area contributed by atoms with Crippen molar-refractivity contribution in [3.8, 4) is 5.75 Å². The molecule has 214 valence electrons. The van der Waals surface area contributed by atoms with Crippen molar-refractivity contribution in [1.82, 2.24) is 10.2 Å². The minimum atomic E-state index is -4.15. The molecule has 0 bridgehead atoms. The highest BCUT2D eigenvalue weighted by Crippen LogP contribution is 2.28. The van der Waals surface area contributed by atoms with Crippen molar-refractivity contribution in [1.29, 1.82) is 0 Å². The lowest BCUT2D eigenvalue weighted by Crippen LogP contribution is -2.52. The van der Waals surface area contributed by atoms with Gasteiger partial charge in [0.25, 0.3) is 10.0 Å². The Labute approximate surface area is 241 Å². The van der Waals surface area contributed by atoms with Gasteiger partial charge in [0, 0.05) is 17.6 Å². The number of sulfonamides is 1. The summed E-state index contributed by atoms with van der Waals surface area (Å²) in [6.07, 6.45) is 0.724. The number of amides is 2. The van der Waals surface area contributed by atoms with Crippen molar-refractivity contribution in [3.63, 3.8) is 0 Å². The Morgan fingerprint density at radius 1 is 1.00 bits per heavy atom. The van der Waals surface area contributed by atoms with Crippen molar-refractivity contribution in [2.24, 2.45) is 0 Å². The van der Waals surface area contributed by atoms with Crippen LogP contribution in [0.3, 0.4) is 0 Å². The Balaban J connectivity index is 2.03. The van der Waals surface area contributed by atoms with Gasteiger partial charge in [-0.15, -0.1) is 0 Å². The van der Waals surface area contributed by atoms with Gasteiger partial charge < -0.3 is 15.0 Å². The molecule has 0 saturated carbocycles. The molecule has 0 fully saturated rings. The van der Waals surface area contributed by atoms with E-state index in [1.807, 2.05) is 20.8 Å². The standard InChI is InChI=1S/C30H36ClN3O5S/c1-6-22(3)32-30(36)23(4)33(19-24-13-16-26(39-5)17-14-24)29(35)20-34(25-15-12-21(2)28(31)18-25)40(37,38)27-10-8-7-9-11-27/h7-18,22-23H,6,19-20H2,1-5H3,(H,32,36). The van der Waals surface area contributed by atoms with Gasteiger partial charge in [0.15, 0.2) is 0 Å². The van der Waals surface area contributed by atoms with Gasteiger partial charge in [-0.25, -0.2) is 8.42 Å². The summed E-state index contributed by atoms with van der Waals surface area (Å²) in [5.74, 6) is -0.216. The van der Waals surface area contributed by atoms with Gasteiger partial charge in [-0.05, 0) is 74.7 Å². The van der Waals surface area contributed by atoms with Crippen molar-refractivity contribution in [3.05, 3.63) is 88.9 Å². The summed E-state index contributed by atoms with van der Waals surface area (Å²) in [7, 11) is -2.59. The summed E-state index contributed by atoms with van der Waals surface area (Å²) in [6, 6.07) is 18.9. The molecule has 3 rings (SSSR count). The van der Waals surface area contributed by atoms with Gasteiger partial charge in [-0.1, -0.05) is 54.9 Å². The minimum absolute atomic E-state index is 0.0313. The predicted octanol–water partition coefficient (Wildman–Crippen LogP) is 5.18. The van der Waals surface area contributed by atoms with E-state index in [1.165, 1.54) is 23.1 Å². The molecular weight excluding hydrogens is 550 g/mol. The molecule has 0 saturated heterocycles. The number of aryl methyl sites for hydroxylation is 1. The van der Waals surface area contributed by atoms with Crippen molar-refractivity contribution in [2.45, 2.75) is 57.6 Å². The van der Waals surface area contributed by atoms with Gasteiger partial charge in [0.2, 0.25) is 11.8 Å². The monoisotopic (exact) mass is 585 g/mol. The number of hydrogen-bond donors (Lipinski definition) is 1. The number of carbonyl (C=O) groups is 2. The van der Waals surface area contributed by atoms with Crippen LogP contribution in [0.25, 0.3) is 0 Å². The second-order valence-electron chi connectivity index (χ2n) is 9.62. The van der Waals surface area contributed by atoms with Crippen LogP contribution in [-0.2, 0) is 26.2 Å². The first-order valence-corrected chi connectivity index (χ1v) is 14.9. The first-order valence-electron chi connectivity index (χ1n) is 13.0. The molecule has 0 heterocycles. The Kier molecular flexibility index (Phi) is 10.6. The molecule has 0 aliphatic heterocycles. The van der Waals surface area contributed by atoms with Crippen LogP contribution >= 0.6 is 11.6 Å². The largest absolute Gasteiger partial charge is 0.497 e. The van der Waals surface area contributed by atoms with Crippen molar-refractivity contribution >= 4 is 39.1 Å². The third-order valence-corrected chi connectivity index (χ3v) is 8.93. The summed E-state index contributed by atoms with van der Waals surface area (Å²) in [6.45, 7) is 6.84. The zero-order valence-corrected chi connectivity index (χ0v) is 25.0. The third kappa shape index (κ3) is 7.55. The normalized spacial score (nSPS) is 12.8. The van der Waals surface area contributed by atoms with E-state index < -0.39 is 28.5 Å². The smallest absolute Gasteiger partial charge is 0.264 e. The molecule has 0 aliphatic carbocycles. The van der Waals surface area contributed by atoms with Crippen LogP contribution in [0.2, 0.25) is 5.02 Å². The van der Waals surface area contributed by atoms with E-state index >= 15 is 0 Å². The Morgan fingerprint density at radius 2 is 1.65 bits per heavy atom. The van der Waals surface area contributed by atoms with Gasteiger partial charge in [0.1, 0.15) is 18.3 Å². The Bertz CT molecular complexity index is 1420. The van der Waals surface area contributed by atoms with Crippen LogP contribution < -0.4 is 14.4 Å². The predicted molar refractivity (Wildman–Crippen MR) is 158 cm³/mol. The summed E-state index contributed by atoms with van der Waals surface area (Å²) >= 11 is 6.36. The maximum Gasteiger partial charge on any atom is 0.264 e. The number of nitrogens with zero attached hydrogens (tertiary/aromatic N) is 2. The lowest BCUT2D eigenvalue weighted by molar-refractivity contribution is -0.139. The number of ether oxygens (including phenoxy) is 1. The zero-order valence-electron chi connectivity index (χ0n) is 23.4. The maximum atomic E-state index is 14.0. The van der Waals surface area contributed by atoms with E-state index in [0.29, 0.717) is 10.8 Å². The van der Waals surface area contributed by atoms with Crippen molar-refractivity contribution in [2.75, 3.05) is 18.0 Å². The number of hydrogen-bond acceptors (Lipinski definition) is 5. The number of halogens is 1. The average Bonchev–Trinajstić information content (AvgIpc) is 2.96. The van der Waals surface area contributed by atoms with Crippen molar-refractivity contribution < 1.29 is 22.7 Å². The molecule has 2 amide bonds. The van der Waals surface area contributed by atoms with Crippen LogP contribution in [0.5, 0.6) is 5.75 Å². The summed E-state index contributed by atoms with van der Waals surface area (Å²) < 4.78 is 33.9. The van der Waals surface area contributed by atoms with Crippen LogP contribution in [0.1, 0.15) is 38.3 Å². The number of rotatable bonds is 12. The van der Waals surface area contributed by atoms with Crippen LogP contribution in [0.4, 0.5) is 5.69 Å². The first kappa shape index (κ1) is 31.0. The lowest BCUT2D eigenvalue weighted by atomic mass is 10.1. The molecule has 10 heteroatoms. The second kappa shape index (κ2) is 13.7. The zero-order chi connectivity index (χ0) is 29.4. The van der Waals surface area contributed by atoms with Crippen LogP contribution in [0, 0.1) is 6.92 Å². The summed E-state index contributed by atoms with van der Waals surface area (Å²) in [5, 5.41) is 3.29. The van der Waals surface area contributed by atoms with Gasteiger partial charge in [-0.2, -0.15) is 0 Å². The molecule has 40 heavy (non-hydrogen) atoms. The van der Waals surface area contributed by atoms with Gasteiger partial charge in [0.05, 0.1) is 17.7 Å². The quantitative estimate of drug-likeness (QED) is 0.316. The molecule has 8 nitrogen and oxygen atoms in total. The topological polar surface area (TPSA) is 96.0 Å². The van der Waals surface area contributed by atoms with E-state index in [2.05, 4.69) is 5.32 Å². The van der Waals surface area contributed by atoms with E-state index in [9.17, 15) is 18.0 Å². The highest BCUT2D eigenvalue weighted by Gasteiger charge is 2.33. The fourth-order valence-electron chi connectivity index (χ4n) is 3.96. The summed E-state index contributed by atoms with van der Waals surface area (Å²) in [4.78, 5) is 28.5. The van der Waals surface area contributed by atoms with E-state index in [-0.39, 0.29) is 29.1 Å². The minimum Gasteiger partial charge on any atom is -0.497 e. The van der Waals surface area contributed by atoms with E-state index in [0.717, 1.165) is 21.9 Å².